The van der Waals surface area contributed by atoms with Gasteiger partial charge < -0.3 is 15.0 Å². The normalized spacial score (nSPS) is 14.6. The van der Waals surface area contributed by atoms with Crippen molar-refractivity contribution in [2.24, 2.45) is 5.92 Å². The zero-order chi connectivity index (χ0) is 24.8. The van der Waals surface area contributed by atoms with Crippen LogP contribution >= 0.6 is 34.8 Å². The molecule has 1 saturated heterocycles. The zero-order valence-corrected chi connectivity index (χ0v) is 21.7. The summed E-state index contributed by atoms with van der Waals surface area (Å²) in [5, 5.41) is 3.90. The van der Waals surface area contributed by atoms with Crippen molar-refractivity contribution in [2.45, 2.75) is 25.7 Å². The number of carbonyl (C=O) groups is 1. The van der Waals surface area contributed by atoms with E-state index in [1.165, 1.54) is 19.2 Å². The van der Waals surface area contributed by atoms with Crippen molar-refractivity contribution < 1.29 is 9.53 Å². The van der Waals surface area contributed by atoms with Gasteiger partial charge in [-0.15, -0.1) is 0 Å². The summed E-state index contributed by atoms with van der Waals surface area (Å²) in [6, 6.07) is 12.9. The van der Waals surface area contributed by atoms with Gasteiger partial charge in [0.1, 0.15) is 17.9 Å². The van der Waals surface area contributed by atoms with Crippen LogP contribution in [0.15, 0.2) is 48.8 Å². The van der Waals surface area contributed by atoms with Crippen LogP contribution in [0.25, 0.3) is 0 Å². The molecule has 0 aliphatic carbocycles. The number of hydrogen-bond acceptors (Lipinski definition) is 5. The third-order valence-electron chi connectivity index (χ3n) is 6.04. The Morgan fingerprint density at radius 1 is 1.09 bits per heavy atom. The fraction of sp³-hybridized carbons (Fsp3) is 0.346. The average Bonchev–Trinajstić information content (AvgIpc) is 2.81. The van der Waals surface area contributed by atoms with Gasteiger partial charge in [-0.25, -0.2) is 9.97 Å². The van der Waals surface area contributed by atoms with Crippen LogP contribution < -0.4 is 10.1 Å². The lowest BCUT2D eigenvalue weighted by Crippen LogP contribution is -2.32. The van der Waals surface area contributed by atoms with E-state index in [0.717, 1.165) is 36.7 Å². The number of likely N-dealkylation sites (tertiary alicyclic amines) is 1. The summed E-state index contributed by atoms with van der Waals surface area (Å²) in [5.74, 6) is 1.59. The van der Waals surface area contributed by atoms with Gasteiger partial charge in [0.25, 0.3) is 0 Å². The molecule has 1 aromatic heterocycles. The number of nitrogens with one attached hydrogen (secondary N) is 1. The maximum Gasteiger partial charge on any atom is 0.230 e. The molecule has 1 amide bonds. The summed E-state index contributed by atoms with van der Waals surface area (Å²) in [6.07, 6.45) is 4.37. The summed E-state index contributed by atoms with van der Waals surface area (Å²) in [4.78, 5) is 23.4. The van der Waals surface area contributed by atoms with E-state index in [1.54, 1.807) is 18.2 Å². The number of amides is 1. The highest BCUT2D eigenvalue weighted by molar-refractivity contribution is 6.39. The molecule has 2 aromatic carbocycles. The molecule has 1 aliphatic rings. The maximum atomic E-state index is 12.6. The van der Waals surface area contributed by atoms with Crippen molar-refractivity contribution in [1.29, 1.82) is 0 Å². The molecule has 3 aromatic rings. The Hall–Kier alpha value is -2.38. The van der Waals surface area contributed by atoms with E-state index in [1.807, 2.05) is 24.3 Å². The molecule has 0 spiro atoms. The van der Waals surface area contributed by atoms with E-state index in [9.17, 15) is 4.79 Å². The van der Waals surface area contributed by atoms with E-state index in [2.05, 4.69) is 27.2 Å². The van der Waals surface area contributed by atoms with Gasteiger partial charge in [0, 0.05) is 27.6 Å². The zero-order valence-electron chi connectivity index (χ0n) is 19.4. The number of rotatable bonds is 8. The predicted molar refractivity (Wildman–Crippen MR) is 141 cm³/mol. The van der Waals surface area contributed by atoms with Gasteiger partial charge in [-0.3, -0.25) is 4.79 Å². The Balaban J connectivity index is 1.34. The van der Waals surface area contributed by atoms with Gasteiger partial charge in [0.2, 0.25) is 5.91 Å². The topological polar surface area (TPSA) is 67.3 Å². The quantitative estimate of drug-likeness (QED) is 0.389. The molecule has 9 heteroatoms. The molecular weight excluding hydrogens is 507 g/mol. The standard InChI is InChI=1S/C26H27Cl3N4O2/c1-33-7-5-17(6-8-33)15-35-21-4-2-3-18(10-21)9-20-13-25(31-16-30-20)32-26(34)14-22-23(28)11-19(27)12-24(22)29/h2-4,10-13,16-17H,5-9,14-15H2,1H3,(H,30,31,32,34). The minimum absolute atomic E-state index is 0.00480. The fourth-order valence-corrected chi connectivity index (χ4v) is 5.00. The number of ether oxygens (including phenoxy) is 1. The minimum atomic E-state index is -0.287. The van der Waals surface area contributed by atoms with Crippen LogP contribution in [0.4, 0.5) is 5.82 Å². The van der Waals surface area contributed by atoms with Gasteiger partial charge in [-0.1, -0.05) is 46.9 Å². The lowest BCUT2D eigenvalue weighted by atomic mass is 9.98. The third-order valence-corrected chi connectivity index (χ3v) is 6.93. The first-order chi connectivity index (χ1) is 16.9. The number of hydrogen-bond donors (Lipinski definition) is 1. The number of piperidine rings is 1. The molecule has 0 saturated carbocycles. The molecule has 0 radical (unpaired) electrons. The number of nitrogens with zero attached hydrogens (tertiary/aromatic N) is 3. The second-order valence-corrected chi connectivity index (χ2v) is 10.1. The van der Waals surface area contributed by atoms with E-state index in [4.69, 9.17) is 39.5 Å². The first-order valence-electron chi connectivity index (χ1n) is 11.5. The SMILES string of the molecule is CN1CCC(COc2cccc(Cc3cc(NC(=O)Cc4c(Cl)cc(Cl)cc4Cl)ncn3)c2)CC1. The number of carbonyl (C=O) groups excluding carboxylic acids is 1. The number of aromatic nitrogens is 2. The predicted octanol–water partition coefficient (Wildman–Crippen LogP) is 5.93. The van der Waals surface area contributed by atoms with Crippen molar-refractivity contribution >= 4 is 46.5 Å². The van der Waals surface area contributed by atoms with Crippen LogP contribution in [-0.4, -0.2) is 47.5 Å². The first-order valence-corrected chi connectivity index (χ1v) is 12.6. The largest absolute Gasteiger partial charge is 0.493 e. The van der Waals surface area contributed by atoms with Crippen LogP contribution in [0.1, 0.15) is 29.7 Å². The van der Waals surface area contributed by atoms with Crippen molar-refractivity contribution in [1.82, 2.24) is 14.9 Å². The third kappa shape index (κ3) is 7.55. The highest BCUT2D eigenvalue weighted by Crippen LogP contribution is 2.29. The van der Waals surface area contributed by atoms with Gasteiger partial charge in [-0.2, -0.15) is 0 Å². The fourth-order valence-electron chi connectivity index (χ4n) is 4.05. The van der Waals surface area contributed by atoms with Crippen molar-refractivity contribution in [3.8, 4) is 5.75 Å². The van der Waals surface area contributed by atoms with E-state index >= 15 is 0 Å². The van der Waals surface area contributed by atoms with Gasteiger partial charge in [-0.05, 0) is 74.3 Å². The highest BCUT2D eigenvalue weighted by atomic mass is 35.5. The Bertz CT molecular complexity index is 1160. The monoisotopic (exact) mass is 532 g/mol. The summed E-state index contributed by atoms with van der Waals surface area (Å²) in [7, 11) is 2.16. The Kier molecular flexibility index (Phi) is 8.84. The van der Waals surface area contributed by atoms with E-state index in [-0.39, 0.29) is 12.3 Å². The minimum Gasteiger partial charge on any atom is -0.493 e. The molecule has 1 fully saturated rings. The van der Waals surface area contributed by atoms with E-state index < -0.39 is 0 Å². The van der Waals surface area contributed by atoms with Gasteiger partial charge >= 0.3 is 0 Å². The van der Waals surface area contributed by atoms with Crippen LogP contribution in [0.3, 0.4) is 0 Å². The first kappa shape index (κ1) is 25.7. The van der Waals surface area contributed by atoms with E-state index in [0.29, 0.717) is 38.8 Å². The van der Waals surface area contributed by atoms with Crippen LogP contribution in [0.5, 0.6) is 5.75 Å². The molecule has 35 heavy (non-hydrogen) atoms. The second kappa shape index (κ2) is 12.0. The Morgan fingerprint density at radius 3 is 2.57 bits per heavy atom. The van der Waals surface area contributed by atoms with Gasteiger partial charge in [0.15, 0.2) is 0 Å². The average molecular weight is 534 g/mol. The highest BCUT2D eigenvalue weighted by Gasteiger charge is 2.17. The lowest BCUT2D eigenvalue weighted by molar-refractivity contribution is -0.115. The van der Waals surface area contributed by atoms with Crippen molar-refractivity contribution in [2.75, 3.05) is 32.1 Å². The molecule has 1 N–H and O–H groups in total. The lowest BCUT2D eigenvalue weighted by Gasteiger charge is -2.28. The maximum absolute atomic E-state index is 12.6. The Labute approximate surface area is 220 Å². The van der Waals surface area contributed by atoms with Crippen LogP contribution in [-0.2, 0) is 17.6 Å². The molecule has 4 rings (SSSR count). The summed E-state index contributed by atoms with van der Waals surface area (Å²) < 4.78 is 6.08. The molecule has 6 nitrogen and oxygen atoms in total. The molecule has 1 aliphatic heterocycles. The Morgan fingerprint density at radius 2 is 1.83 bits per heavy atom. The smallest absolute Gasteiger partial charge is 0.230 e. The molecule has 2 heterocycles. The molecule has 0 atom stereocenters. The summed E-state index contributed by atoms with van der Waals surface area (Å²) in [5.41, 5.74) is 2.37. The van der Waals surface area contributed by atoms with Gasteiger partial charge in [0.05, 0.1) is 18.7 Å². The van der Waals surface area contributed by atoms with Crippen molar-refractivity contribution in [3.05, 3.63) is 80.7 Å². The number of anilines is 1. The van der Waals surface area contributed by atoms with Crippen molar-refractivity contribution in [3.63, 3.8) is 0 Å². The summed E-state index contributed by atoms with van der Waals surface area (Å²) >= 11 is 18.3. The number of benzene rings is 2. The van der Waals surface area contributed by atoms with Crippen LogP contribution in [0, 0.1) is 5.92 Å². The molecular formula is C26H27Cl3N4O2. The number of halogens is 3. The molecule has 0 unspecified atom stereocenters. The molecule has 184 valence electrons. The second-order valence-electron chi connectivity index (χ2n) is 8.85. The summed E-state index contributed by atoms with van der Waals surface area (Å²) in [6.45, 7) is 2.99. The van der Waals surface area contributed by atoms with Crippen LogP contribution in [0.2, 0.25) is 15.1 Å². The molecule has 0 bridgehead atoms.